The first-order valence-electron chi connectivity index (χ1n) is 7.05. The molecule has 4 heteroatoms. The molecule has 2 rings (SSSR count). The van der Waals surface area contributed by atoms with Crippen molar-refractivity contribution in [2.75, 3.05) is 5.88 Å². The second-order valence-corrected chi connectivity index (χ2v) is 5.18. The fourth-order valence-electron chi connectivity index (χ4n) is 2.43. The highest BCUT2D eigenvalue weighted by Crippen LogP contribution is 2.25. The molecular weight excluding hydrogens is 275 g/mol. The molecule has 1 atom stereocenters. The standard InChI is InChI=1S/C16H20ClFN2/c1-3-13-10-14(20(4-2)19-13)9-12(11-17)15-7-5-6-8-16(15)18/h5-8,10,12H,3-4,9,11H2,1-2H3. The summed E-state index contributed by atoms with van der Waals surface area (Å²) in [5.41, 5.74) is 2.88. The largest absolute Gasteiger partial charge is 0.270 e. The molecule has 0 N–H and O–H groups in total. The molecule has 0 amide bonds. The van der Waals surface area contributed by atoms with Crippen LogP contribution in [0, 0.1) is 5.82 Å². The van der Waals surface area contributed by atoms with Crippen molar-refractivity contribution in [3.63, 3.8) is 0 Å². The lowest BCUT2D eigenvalue weighted by atomic mass is 9.95. The maximum absolute atomic E-state index is 13.9. The summed E-state index contributed by atoms with van der Waals surface area (Å²) in [5.74, 6) is 0.193. The number of nitrogens with zero attached hydrogens (tertiary/aromatic N) is 2. The van der Waals surface area contributed by atoms with E-state index in [1.54, 1.807) is 6.07 Å². The molecule has 108 valence electrons. The summed E-state index contributed by atoms with van der Waals surface area (Å²) >= 11 is 6.06. The molecule has 0 bridgehead atoms. The predicted molar refractivity (Wildman–Crippen MR) is 80.8 cm³/mol. The Morgan fingerprint density at radius 3 is 2.65 bits per heavy atom. The van der Waals surface area contributed by atoms with Crippen LogP contribution >= 0.6 is 11.6 Å². The van der Waals surface area contributed by atoms with Gasteiger partial charge in [-0.05, 0) is 37.5 Å². The fraction of sp³-hybridized carbons (Fsp3) is 0.438. The number of hydrogen-bond donors (Lipinski definition) is 0. The van der Waals surface area contributed by atoms with E-state index in [4.69, 9.17) is 11.6 Å². The first kappa shape index (κ1) is 15.0. The van der Waals surface area contributed by atoms with Crippen molar-refractivity contribution in [1.82, 2.24) is 9.78 Å². The number of hydrogen-bond acceptors (Lipinski definition) is 1. The molecule has 0 fully saturated rings. The van der Waals surface area contributed by atoms with Gasteiger partial charge >= 0.3 is 0 Å². The smallest absolute Gasteiger partial charge is 0.126 e. The number of alkyl halides is 1. The third kappa shape index (κ3) is 3.21. The van der Waals surface area contributed by atoms with Crippen molar-refractivity contribution in [2.45, 2.75) is 39.2 Å². The molecule has 2 aromatic rings. The first-order chi connectivity index (χ1) is 9.69. The molecule has 0 aliphatic carbocycles. The zero-order chi connectivity index (χ0) is 14.5. The van der Waals surface area contributed by atoms with E-state index in [1.807, 2.05) is 16.8 Å². The van der Waals surface area contributed by atoms with Crippen LogP contribution < -0.4 is 0 Å². The molecule has 1 aromatic carbocycles. The lowest BCUT2D eigenvalue weighted by molar-refractivity contribution is 0.565. The molecule has 0 spiro atoms. The molecule has 1 aromatic heterocycles. The van der Waals surface area contributed by atoms with Gasteiger partial charge in [0.05, 0.1) is 5.69 Å². The lowest BCUT2D eigenvalue weighted by Gasteiger charge is -2.15. The van der Waals surface area contributed by atoms with E-state index in [9.17, 15) is 4.39 Å². The van der Waals surface area contributed by atoms with Crippen LogP contribution in [0.25, 0.3) is 0 Å². The van der Waals surface area contributed by atoms with Crippen LogP contribution in [0.5, 0.6) is 0 Å². The van der Waals surface area contributed by atoms with Gasteiger partial charge in [-0.25, -0.2) is 4.39 Å². The molecule has 2 nitrogen and oxygen atoms in total. The Hall–Kier alpha value is -1.35. The molecule has 20 heavy (non-hydrogen) atoms. The van der Waals surface area contributed by atoms with Crippen LogP contribution in [0.2, 0.25) is 0 Å². The molecule has 0 radical (unpaired) electrons. The van der Waals surface area contributed by atoms with Crippen LogP contribution in [-0.2, 0) is 19.4 Å². The van der Waals surface area contributed by atoms with Crippen LogP contribution in [0.15, 0.2) is 30.3 Å². The summed E-state index contributed by atoms with van der Waals surface area (Å²) in [5, 5.41) is 4.53. The van der Waals surface area contributed by atoms with E-state index in [1.165, 1.54) is 6.07 Å². The summed E-state index contributed by atoms with van der Waals surface area (Å²) in [6, 6.07) is 8.96. The molecule has 1 unspecified atom stereocenters. The summed E-state index contributed by atoms with van der Waals surface area (Å²) in [4.78, 5) is 0. The average molecular weight is 295 g/mol. The van der Waals surface area contributed by atoms with Gasteiger partial charge in [-0.3, -0.25) is 4.68 Å². The molecule has 0 aliphatic heterocycles. The summed E-state index contributed by atoms with van der Waals surface area (Å²) in [6.45, 7) is 4.97. The monoisotopic (exact) mass is 294 g/mol. The van der Waals surface area contributed by atoms with E-state index in [0.717, 1.165) is 24.4 Å². The molecule has 0 saturated heterocycles. The minimum Gasteiger partial charge on any atom is -0.270 e. The second kappa shape index (κ2) is 6.89. The first-order valence-corrected chi connectivity index (χ1v) is 7.59. The van der Waals surface area contributed by atoms with Gasteiger partial charge in [0.15, 0.2) is 0 Å². The van der Waals surface area contributed by atoms with Crippen molar-refractivity contribution in [3.8, 4) is 0 Å². The number of aryl methyl sites for hydroxylation is 2. The fourth-order valence-corrected chi connectivity index (χ4v) is 2.71. The maximum Gasteiger partial charge on any atom is 0.126 e. The van der Waals surface area contributed by atoms with Gasteiger partial charge < -0.3 is 0 Å². The minimum absolute atomic E-state index is 0.0235. The lowest BCUT2D eigenvalue weighted by Crippen LogP contribution is -2.11. The van der Waals surface area contributed by atoms with E-state index >= 15 is 0 Å². The Balaban J connectivity index is 2.26. The van der Waals surface area contributed by atoms with Crippen molar-refractivity contribution in [2.24, 2.45) is 0 Å². The van der Waals surface area contributed by atoms with Crippen LogP contribution in [0.4, 0.5) is 4.39 Å². The number of halogens is 2. The zero-order valence-corrected chi connectivity index (χ0v) is 12.7. The van der Waals surface area contributed by atoms with Crippen LogP contribution in [0.3, 0.4) is 0 Å². The second-order valence-electron chi connectivity index (χ2n) is 4.87. The Labute approximate surface area is 124 Å². The summed E-state index contributed by atoms with van der Waals surface area (Å²) in [6.07, 6.45) is 1.62. The maximum atomic E-state index is 13.9. The molecule has 0 aliphatic rings. The zero-order valence-electron chi connectivity index (χ0n) is 11.9. The highest BCUT2D eigenvalue weighted by molar-refractivity contribution is 6.18. The predicted octanol–water partition coefficient (Wildman–Crippen LogP) is 4.17. The Morgan fingerprint density at radius 2 is 2.05 bits per heavy atom. The van der Waals surface area contributed by atoms with E-state index in [-0.39, 0.29) is 11.7 Å². The number of aromatic nitrogens is 2. The number of benzene rings is 1. The van der Waals surface area contributed by atoms with E-state index in [0.29, 0.717) is 17.9 Å². The van der Waals surface area contributed by atoms with Crippen molar-refractivity contribution in [1.29, 1.82) is 0 Å². The Bertz CT molecular complexity index is 565. The summed E-state index contributed by atoms with van der Waals surface area (Å²) < 4.78 is 15.9. The minimum atomic E-state index is -0.184. The third-order valence-electron chi connectivity index (χ3n) is 3.56. The SMILES string of the molecule is CCc1cc(CC(CCl)c2ccccc2F)n(CC)n1. The third-order valence-corrected chi connectivity index (χ3v) is 3.94. The topological polar surface area (TPSA) is 17.8 Å². The molecule has 1 heterocycles. The van der Waals surface area contributed by atoms with Crippen molar-refractivity contribution < 1.29 is 4.39 Å². The van der Waals surface area contributed by atoms with Gasteiger partial charge in [0.2, 0.25) is 0 Å². The van der Waals surface area contributed by atoms with Gasteiger partial charge in [-0.2, -0.15) is 5.10 Å². The number of rotatable bonds is 6. The van der Waals surface area contributed by atoms with Crippen LogP contribution in [-0.4, -0.2) is 15.7 Å². The Kier molecular flexibility index (Phi) is 5.18. The summed E-state index contributed by atoms with van der Waals surface area (Å²) in [7, 11) is 0. The van der Waals surface area contributed by atoms with Crippen LogP contribution in [0.1, 0.15) is 36.7 Å². The normalized spacial score (nSPS) is 12.6. The van der Waals surface area contributed by atoms with Gasteiger partial charge in [0, 0.05) is 24.0 Å². The van der Waals surface area contributed by atoms with Crippen molar-refractivity contribution in [3.05, 3.63) is 53.1 Å². The van der Waals surface area contributed by atoms with Gasteiger partial charge in [0.25, 0.3) is 0 Å². The van der Waals surface area contributed by atoms with Gasteiger partial charge in [-0.1, -0.05) is 25.1 Å². The van der Waals surface area contributed by atoms with Gasteiger partial charge in [0.1, 0.15) is 5.82 Å². The van der Waals surface area contributed by atoms with E-state index < -0.39 is 0 Å². The average Bonchev–Trinajstić information content (AvgIpc) is 2.88. The molecular formula is C16H20ClFN2. The van der Waals surface area contributed by atoms with E-state index in [2.05, 4.69) is 25.0 Å². The molecule has 0 saturated carbocycles. The highest BCUT2D eigenvalue weighted by Gasteiger charge is 2.18. The van der Waals surface area contributed by atoms with Gasteiger partial charge in [-0.15, -0.1) is 11.6 Å². The Morgan fingerprint density at radius 1 is 1.30 bits per heavy atom. The highest BCUT2D eigenvalue weighted by atomic mass is 35.5. The van der Waals surface area contributed by atoms with Crippen molar-refractivity contribution >= 4 is 11.6 Å². The quantitative estimate of drug-likeness (QED) is 0.731.